The maximum atomic E-state index is 13.5. The fourth-order valence-corrected chi connectivity index (χ4v) is 4.67. The topological polar surface area (TPSA) is 114 Å². The molecule has 2 N–H and O–H groups in total. The second-order valence-corrected chi connectivity index (χ2v) is 9.04. The second-order valence-electron chi connectivity index (χ2n) is 8.13. The summed E-state index contributed by atoms with van der Waals surface area (Å²) < 4.78 is 8.52. The first-order valence-corrected chi connectivity index (χ1v) is 12.4. The van der Waals surface area contributed by atoms with E-state index in [0.717, 1.165) is 15.6 Å². The molecule has 0 aliphatic heterocycles. The normalized spacial score (nSPS) is 10.7. The molecule has 2 aromatic carbocycles. The predicted octanol–water partition coefficient (Wildman–Crippen LogP) is 5.77. The lowest BCUT2D eigenvalue weighted by atomic mass is 10.2. The molecule has 0 saturated heterocycles. The minimum Gasteiger partial charge on any atom is -0.444 e. The Kier molecular flexibility index (Phi) is 7.09. The summed E-state index contributed by atoms with van der Waals surface area (Å²) in [6.07, 6.45) is 3.84. The quantitative estimate of drug-likeness (QED) is 0.247. The maximum Gasteiger partial charge on any atom is 0.420 e. The first kappa shape index (κ1) is 24.7. The summed E-state index contributed by atoms with van der Waals surface area (Å²) in [6.45, 7) is 3.56. The highest BCUT2D eigenvalue weighted by molar-refractivity contribution is 7.17. The number of thiophene rings is 1. The summed E-state index contributed by atoms with van der Waals surface area (Å²) in [4.78, 5) is 35.5. The number of hydrogen-bond donors (Lipinski definition) is 2. The third-order valence-electron chi connectivity index (χ3n) is 5.48. The lowest BCUT2D eigenvalue weighted by molar-refractivity contribution is -0.111. The Morgan fingerprint density at radius 2 is 2.03 bits per heavy atom. The largest absolute Gasteiger partial charge is 0.444 e. The molecule has 0 bridgehead atoms. The van der Waals surface area contributed by atoms with Crippen LogP contribution in [0.2, 0.25) is 0 Å². The average molecular weight is 526 g/mol. The average Bonchev–Trinajstić information content (AvgIpc) is 3.53. The van der Waals surface area contributed by atoms with Gasteiger partial charge in [0.15, 0.2) is 5.82 Å². The van der Waals surface area contributed by atoms with Crippen molar-refractivity contribution in [2.24, 2.45) is 7.05 Å². The van der Waals surface area contributed by atoms with Crippen LogP contribution in [0.3, 0.4) is 0 Å². The summed E-state index contributed by atoms with van der Waals surface area (Å²) in [7, 11) is 1.80. The van der Waals surface area contributed by atoms with Crippen molar-refractivity contribution in [1.29, 1.82) is 0 Å². The van der Waals surface area contributed by atoms with Gasteiger partial charge in [-0.05, 0) is 41.1 Å². The third kappa shape index (κ3) is 5.52. The van der Waals surface area contributed by atoms with Crippen LogP contribution in [0, 0.1) is 0 Å². The number of aromatic nitrogens is 4. The van der Waals surface area contributed by atoms with Gasteiger partial charge in [-0.3, -0.25) is 9.48 Å². The minimum absolute atomic E-state index is 0.0797. The summed E-state index contributed by atoms with van der Waals surface area (Å²) in [5.74, 6) is 0.700. The SMILES string of the molecule is C=CC(=O)Nc1cccc(N(C(=O)OCc2csc3ccccc23)c2ccnc(Nc3ccn(C)n3)n2)c1. The van der Waals surface area contributed by atoms with E-state index in [1.165, 1.54) is 17.2 Å². The molecule has 5 rings (SSSR count). The van der Waals surface area contributed by atoms with Gasteiger partial charge in [-0.1, -0.05) is 30.8 Å². The first-order valence-electron chi connectivity index (χ1n) is 11.6. The summed E-state index contributed by atoms with van der Waals surface area (Å²) in [5.41, 5.74) is 1.83. The molecule has 3 aromatic heterocycles. The Hall–Kier alpha value is -5.03. The number of ether oxygens (including phenoxy) is 1. The number of hydrogen-bond acceptors (Lipinski definition) is 8. The van der Waals surface area contributed by atoms with Crippen molar-refractivity contribution in [2.45, 2.75) is 6.61 Å². The van der Waals surface area contributed by atoms with E-state index in [1.54, 1.807) is 65.7 Å². The van der Waals surface area contributed by atoms with Crippen LogP contribution in [0.4, 0.5) is 33.8 Å². The van der Waals surface area contributed by atoms with Crippen molar-refractivity contribution in [3.63, 3.8) is 0 Å². The monoisotopic (exact) mass is 525 g/mol. The maximum absolute atomic E-state index is 13.5. The third-order valence-corrected chi connectivity index (χ3v) is 6.49. The lowest BCUT2D eigenvalue weighted by Crippen LogP contribution is -2.28. The molecule has 5 aromatic rings. The number of nitrogens with zero attached hydrogens (tertiary/aromatic N) is 5. The smallest absolute Gasteiger partial charge is 0.420 e. The highest BCUT2D eigenvalue weighted by Crippen LogP contribution is 2.30. The Morgan fingerprint density at radius 1 is 1.16 bits per heavy atom. The molecule has 190 valence electrons. The molecule has 0 radical (unpaired) electrons. The molecular formula is C27H23N7O3S. The van der Waals surface area contributed by atoms with Gasteiger partial charge in [-0.25, -0.2) is 14.7 Å². The van der Waals surface area contributed by atoms with Gasteiger partial charge in [-0.15, -0.1) is 11.3 Å². The van der Waals surface area contributed by atoms with Crippen molar-refractivity contribution < 1.29 is 14.3 Å². The predicted molar refractivity (Wildman–Crippen MR) is 148 cm³/mol. The molecule has 0 aliphatic rings. The van der Waals surface area contributed by atoms with E-state index in [4.69, 9.17) is 4.74 Å². The molecule has 0 aliphatic carbocycles. The number of aryl methyl sites for hydroxylation is 1. The van der Waals surface area contributed by atoms with Crippen LogP contribution in [-0.4, -0.2) is 31.7 Å². The minimum atomic E-state index is -0.644. The molecule has 0 saturated carbocycles. The number of amides is 2. The molecule has 0 spiro atoms. The molecule has 11 heteroatoms. The van der Waals surface area contributed by atoms with Gasteiger partial charge in [0.05, 0.1) is 5.69 Å². The number of carbonyl (C=O) groups is 2. The van der Waals surface area contributed by atoms with E-state index in [0.29, 0.717) is 17.2 Å². The van der Waals surface area contributed by atoms with Gasteiger partial charge in [-0.2, -0.15) is 10.1 Å². The van der Waals surface area contributed by atoms with Gasteiger partial charge in [0.2, 0.25) is 11.9 Å². The zero-order valence-electron chi connectivity index (χ0n) is 20.4. The molecule has 2 amide bonds. The Balaban J connectivity index is 1.46. The van der Waals surface area contributed by atoms with Crippen molar-refractivity contribution in [3.05, 3.63) is 96.7 Å². The van der Waals surface area contributed by atoms with Gasteiger partial charge < -0.3 is 15.4 Å². The van der Waals surface area contributed by atoms with Crippen LogP contribution in [0.25, 0.3) is 10.1 Å². The van der Waals surface area contributed by atoms with E-state index >= 15 is 0 Å². The van der Waals surface area contributed by atoms with Gasteiger partial charge in [0.25, 0.3) is 0 Å². The van der Waals surface area contributed by atoms with Gasteiger partial charge >= 0.3 is 6.09 Å². The summed E-state index contributed by atoms with van der Waals surface area (Å²) >= 11 is 1.59. The van der Waals surface area contributed by atoms with Crippen LogP contribution in [0.15, 0.2) is 91.1 Å². The lowest BCUT2D eigenvalue weighted by Gasteiger charge is -2.22. The Labute approximate surface area is 222 Å². The molecular weight excluding hydrogens is 502 g/mol. The standard InChI is InChI=1S/C27H23N7O3S/c1-3-25(35)29-19-7-6-8-20(15-19)34(24-11-13-28-26(31-24)30-23-12-14-33(2)32-23)27(36)37-16-18-17-38-22-10-5-4-9-21(18)22/h3-15,17H,1,16H2,2H3,(H,29,35)(H,28,30,31,32). The van der Waals surface area contributed by atoms with Crippen molar-refractivity contribution in [3.8, 4) is 0 Å². The number of benzene rings is 2. The number of rotatable bonds is 8. The number of carbonyl (C=O) groups excluding carboxylic acids is 2. The fourth-order valence-electron chi connectivity index (χ4n) is 3.73. The molecule has 3 heterocycles. The van der Waals surface area contributed by atoms with Gasteiger partial charge in [0, 0.05) is 47.5 Å². The zero-order chi connectivity index (χ0) is 26.5. The number of anilines is 5. The van der Waals surface area contributed by atoms with Crippen LogP contribution in [0.1, 0.15) is 5.56 Å². The first-order chi connectivity index (χ1) is 18.5. The fraction of sp³-hybridized carbons (Fsp3) is 0.0741. The number of nitrogens with one attached hydrogen (secondary N) is 2. The summed E-state index contributed by atoms with van der Waals surface area (Å²) in [6, 6.07) is 18.1. The van der Waals surface area contributed by atoms with Crippen LogP contribution < -0.4 is 15.5 Å². The van der Waals surface area contributed by atoms with Crippen LogP contribution in [0.5, 0.6) is 0 Å². The van der Waals surface area contributed by atoms with E-state index in [-0.39, 0.29) is 24.3 Å². The van der Waals surface area contributed by atoms with E-state index in [9.17, 15) is 9.59 Å². The Bertz CT molecular complexity index is 1630. The van der Waals surface area contributed by atoms with E-state index < -0.39 is 6.09 Å². The number of fused-ring (bicyclic) bond motifs is 1. The highest BCUT2D eigenvalue weighted by atomic mass is 32.1. The second kappa shape index (κ2) is 10.9. The molecule has 0 fully saturated rings. The molecule has 10 nitrogen and oxygen atoms in total. The molecule has 0 atom stereocenters. The van der Waals surface area contributed by atoms with Crippen molar-refractivity contribution in [1.82, 2.24) is 19.7 Å². The van der Waals surface area contributed by atoms with Crippen LogP contribution >= 0.6 is 11.3 Å². The summed E-state index contributed by atoms with van der Waals surface area (Å²) in [5, 5.41) is 13.0. The van der Waals surface area contributed by atoms with E-state index in [1.807, 2.05) is 29.6 Å². The molecule has 0 unspecified atom stereocenters. The van der Waals surface area contributed by atoms with E-state index in [2.05, 4.69) is 32.3 Å². The van der Waals surface area contributed by atoms with Gasteiger partial charge in [0.1, 0.15) is 12.4 Å². The Morgan fingerprint density at radius 3 is 2.84 bits per heavy atom. The van der Waals surface area contributed by atoms with Crippen molar-refractivity contribution in [2.75, 3.05) is 15.5 Å². The molecule has 38 heavy (non-hydrogen) atoms. The van der Waals surface area contributed by atoms with Crippen LogP contribution in [-0.2, 0) is 23.2 Å². The zero-order valence-corrected chi connectivity index (χ0v) is 21.2. The van der Waals surface area contributed by atoms with Crippen molar-refractivity contribution >= 4 is 62.4 Å². The highest BCUT2D eigenvalue weighted by Gasteiger charge is 2.23.